The summed E-state index contributed by atoms with van der Waals surface area (Å²) in [5.74, 6) is -2.55. The van der Waals surface area contributed by atoms with Crippen LogP contribution >= 0.6 is 31.9 Å². The zero-order valence-electron chi connectivity index (χ0n) is 17.7. The minimum atomic E-state index is -1.08. The maximum absolute atomic E-state index is 13.1. The van der Waals surface area contributed by atoms with Gasteiger partial charge in [0.05, 0.1) is 11.8 Å². The summed E-state index contributed by atoms with van der Waals surface area (Å²) in [7, 11) is 0. The molecule has 5 rings (SSSR count). The van der Waals surface area contributed by atoms with Crippen molar-refractivity contribution in [3.05, 3.63) is 42.5 Å². The number of imide groups is 1. The van der Waals surface area contributed by atoms with Gasteiger partial charge in [-0.25, -0.2) is 4.79 Å². The number of benzene rings is 2. The van der Waals surface area contributed by atoms with Gasteiger partial charge in [0.15, 0.2) is 6.61 Å². The lowest BCUT2D eigenvalue weighted by molar-refractivity contribution is -0.159. The molecule has 1 aliphatic heterocycles. The van der Waals surface area contributed by atoms with Crippen molar-refractivity contribution >= 4 is 72.0 Å². The molecule has 33 heavy (non-hydrogen) atoms. The monoisotopic (exact) mass is 576 g/mol. The molecule has 0 unspecified atom stereocenters. The van der Waals surface area contributed by atoms with Crippen molar-refractivity contribution in [1.82, 2.24) is 4.90 Å². The first kappa shape index (κ1) is 22.5. The van der Waals surface area contributed by atoms with Gasteiger partial charge >= 0.3 is 5.97 Å². The molecule has 3 amide bonds. The molecule has 7 atom stereocenters. The van der Waals surface area contributed by atoms with E-state index in [4.69, 9.17) is 4.74 Å². The number of esters is 1. The summed E-state index contributed by atoms with van der Waals surface area (Å²) in [6.45, 7) is 0.967. The molecule has 2 aromatic carbocycles. The summed E-state index contributed by atoms with van der Waals surface area (Å²) in [5, 5.41) is 4.60. The summed E-state index contributed by atoms with van der Waals surface area (Å²) >= 11 is 7.30. The average molecular weight is 578 g/mol. The molecule has 1 N–H and O–H groups in total. The van der Waals surface area contributed by atoms with Crippen molar-refractivity contribution in [2.45, 2.75) is 29.0 Å². The minimum Gasteiger partial charge on any atom is -0.454 e. The van der Waals surface area contributed by atoms with E-state index in [2.05, 4.69) is 37.2 Å². The predicted octanol–water partition coefficient (Wildman–Crippen LogP) is 3.49. The first-order valence-corrected chi connectivity index (χ1v) is 12.7. The average Bonchev–Trinajstić information content (AvgIpc) is 3.42. The Kier molecular flexibility index (Phi) is 5.81. The summed E-state index contributed by atoms with van der Waals surface area (Å²) in [6, 6.07) is 12.1. The molecule has 7 nitrogen and oxygen atoms in total. The number of fused-ring (bicyclic) bond motifs is 6. The molecule has 3 fully saturated rings. The molecule has 9 heteroatoms. The molecule has 172 valence electrons. The standard InChI is InChI=1S/C24H22Br2N2O5/c1-11(28-22(30)18-14-9-15(19(18)23(28)31)21(26)20(14)25)24(32)33-10-17(29)27-16-8-4-6-12-5-2-3-7-13(12)16/h2-8,11,14-15,18-21H,9-10H2,1H3,(H,27,29)/t11-,14-,15-,18-,19+,20-,21+/m1/s1. The van der Waals surface area contributed by atoms with Gasteiger partial charge in [-0.15, -0.1) is 0 Å². The van der Waals surface area contributed by atoms with Crippen LogP contribution in [0.5, 0.6) is 0 Å². The van der Waals surface area contributed by atoms with Gasteiger partial charge in [0.25, 0.3) is 5.91 Å². The quantitative estimate of drug-likeness (QED) is 0.334. The van der Waals surface area contributed by atoms with Crippen LogP contribution in [0.2, 0.25) is 0 Å². The smallest absolute Gasteiger partial charge is 0.329 e. The van der Waals surface area contributed by atoms with Gasteiger partial charge in [-0.1, -0.05) is 68.3 Å². The summed E-state index contributed by atoms with van der Waals surface area (Å²) < 4.78 is 5.18. The number of hydrogen-bond acceptors (Lipinski definition) is 5. The number of ether oxygens (including phenoxy) is 1. The first-order valence-electron chi connectivity index (χ1n) is 10.9. The maximum Gasteiger partial charge on any atom is 0.329 e. The van der Waals surface area contributed by atoms with E-state index in [0.29, 0.717) is 5.69 Å². The van der Waals surface area contributed by atoms with Crippen LogP contribution in [-0.4, -0.2) is 50.9 Å². The Morgan fingerprint density at radius 1 is 1.03 bits per heavy atom. The van der Waals surface area contributed by atoms with E-state index in [-0.39, 0.29) is 33.3 Å². The molecule has 2 aromatic rings. The highest BCUT2D eigenvalue weighted by Crippen LogP contribution is 2.60. The van der Waals surface area contributed by atoms with E-state index in [0.717, 1.165) is 22.1 Å². The number of carbonyl (C=O) groups is 4. The molecule has 0 radical (unpaired) electrons. The molecule has 1 heterocycles. The Bertz CT molecular complexity index is 1130. The van der Waals surface area contributed by atoms with Crippen molar-refractivity contribution < 1.29 is 23.9 Å². The highest BCUT2D eigenvalue weighted by molar-refractivity contribution is 9.12. The van der Waals surface area contributed by atoms with E-state index in [1.807, 2.05) is 36.4 Å². The van der Waals surface area contributed by atoms with Crippen LogP contribution in [-0.2, 0) is 23.9 Å². The molecular formula is C24H22Br2N2O5. The lowest BCUT2D eigenvalue weighted by Gasteiger charge is -2.28. The van der Waals surface area contributed by atoms with Gasteiger partial charge in [0.2, 0.25) is 11.8 Å². The fourth-order valence-corrected chi connectivity index (χ4v) is 7.51. The molecule has 2 bridgehead atoms. The highest BCUT2D eigenvalue weighted by atomic mass is 79.9. The molecule has 3 aliphatic rings. The van der Waals surface area contributed by atoms with Crippen LogP contribution in [0, 0.1) is 23.7 Å². The van der Waals surface area contributed by atoms with Gasteiger partial charge < -0.3 is 10.1 Å². The van der Waals surface area contributed by atoms with Crippen LogP contribution < -0.4 is 5.32 Å². The number of hydrogen-bond donors (Lipinski definition) is 1. The van der Waals surface area contributed by atoms with E-state index >= 15 is 0 Å². The zero-order valence-corrected chi connectivity index (χ0v) is 20.9. The fourth-order valence-electron chi connectivity index (χ4n) is 5.64. The third-order valence-corrected chi connectivity index (χ3v) is 10.4. The van der Waals surface area contributed by atoms with Crippen molar-refractivity contribution in [3.63, 3.8) is 0 Å². The van der Waals surface area contributed by atoms with Crippen molar-refractivity contribution in [3.8, 4) is 0 Å². The Morgan fingerprint density at radius 3 is 2.30 bits per heavy atom. The van der Waals surface area contributed by atoms with Gasteiger partial charge in [-0.2, -0.15) is 0 Å². The number of alkyl halides is 2. The Hall–Kier alpha value is -2.26. The van der Waals surface area contributed by atoms with Gasteiger partial charge in [0, 0.05) is 20.7 Å². The number of carbonyl (C=O) groups excluding carboxylic acids is 4. The van der Waals surface area contributed by atoms with Crippen LogP contribution in [0.1, 0.15) is 13.3 Å². The van der Waals surface area contributed by atoms with E-state index in [9.17, 15) is 19.2 Å². The van der Waals surface area contributed by atoms with Gasteiger partial charge in [-0.3, -0.25) is 19.3 Å². The van der Waals surface area contributed by atoms with Crippen molar-refractivity contribution in [1.29, 1.82) is 0 Å². The largest absolute Gasteiger partial charge is 0.454 e. The number of amides is 3. The van der Waals surface area contributed by atoms with Crippen molar-refractivity contribution in [2.24, 2.45) is 23.7 Å². The third kappa shape index (κ3) is 3.60. The molecule has 1 saturated heterocycles. The van der Waals surface area contributed by atoms with Gasteiger partial charge in [-0.05, 0) is 36.6 Å². The SMILES string of the molecule is C[C@H](C(=O)OCC(=O)Nc1cccc2ccccc12)N1C(=O)[C@@H]2[C@H]3C[C@@H]([C@H](Br)[C@@H]3Br)[C@@H]2C1=O. The Labute approximate surface area is 207 Å². The van der Waals surface area contributed by atoms with Crippen LogP contribution in [0.25, 0.3) is 10.8 Å². The highest BCUT2D eigenvalue weighted by Gasteiger charge is 2.67. The first-order chi connectivity index (χ1) is 15.8. The molecule has 2 saturated carbocycles. The number of halogens is 2. The Balaban J connectivity index is 1.22. The van der Waals surface area contributed by atoms with E-state index in [1.165, 1.54) is 6.92 Å². The van der Waals surface area contributed by atoms with E-state index < -0.39 is 36.4 Å². The van der Waals surface area contributed by atoms with Crippen LogP contribution in [0.3, 0.4) is 0 Å². The second kappa shape index (κ2) is 8.51. The second-order valence-electron chi connectivity index (χ2n) is 8.91. The molecule has 0 aromatic heterocycles. The number of rotatable bonds is 5. The topological polar surface area (TPSA) is 92.8 Å². The summed E-state index contributed by atoms with van der Waals surface area (Å²) in [6.07, 6.45) is 0.819. The predicted molar refractivity (Wildman–Crippen MR) is 129 cm³/mol. The normalized spacial score (nSPS) is 31.1. The maximum atomic E-state index is 13.1. The summed E-state index contributed by atoms with van der Waals surface area (Å²) in [4.78, 5) is 52.5. The fraction of sp³-hybridized carbons (Fsp3) is 0.417. The van der Waals surface area contributed by atoms with E-state index in [1.54, 1.807) is 6.07 Å². The number of anilines is 1. The molecule has 0 spiro atoms. The lowest BCUT2D eigenvalue weighted by atomic mass is 9.81. The lowest BCUT2D eigenvalue weighted by Crippen LogP contribution is -2.45. The van der Waals surface area contributed by atoms with Crippen LogP contribution in [0.4, 0.5) is 5.69 Å². The minimum absolute atomic E-state index is 0.0699. The number of likely N-dealkylation sites (tertiary alicyclic amines) is 1. The van der Waals surface area contributed by atoms with Gasteiger partial charge in [0.1, 0.15) is 6.04 Å². The summed E-state index contributed by atoms with van der Waals surface area (Å²) in [5.41, 5.74) is 0.615. The number of nitrogens with one attached hydrogen (secondary N) is 1. The third-order valence-electron chi connectivity index (χ3n) is 7.16. The number of nitrogens with zero attached hydrogens (tertiary/aromatic N) is 1. The molecular weight excluding hydrogens is 556 g/mol. The second-order valence-corrected chi connectivity index (χ2v) is 11.0. The Morgan fingerprint density at radius 2 is 1.64 bits per heavy atom. The van der Waals surface area contributed by atoms with Crippen LogP contribution in [0.15, 0.2) is 42.5 Å². The van der Waals surface area contributed by atoms with Crippen molar-refractivity contribution in [2.75, 3.05) is 11.9 Å². The molecule has 2 aliphatic carbocycles. The zero-order chi connectivity index (χ0) is 23.4.